The molecule has 3 aromatic carbocycles. The summed E-state index contributed by atoms with van der Waals surface area (Å²) >= 11 is 0. The van der Waals surface area contributed by atoms with E-state index in [0.717, 1.165) is 22.3 Å². The lowest BCUT2D eigenvalue weighted by Gasteiger charge is -2.13. The van der Waals surface area contributed by atoms with E-state index < -0.39 is 0 Å². The number of allylic oxidation sites excluding steroid dienone is 4. The van der Waals surface area contributed by atoms with Crippen LogP contribution in [0.15, 0.2) is 98.1 Å². The lowest BCUT2D eigenvalue weighted by Crippen LogP contribution is -1.97. The lowest BCUT2D eigenvalue weighted by molar-refractivity contribution is -0.106. The Bertz CT molecular complexity index is 1130. The van der Waals surface area contributed by atoms with Gasteiger partial charge in [-0.3, -0.25) is 9.59 Å². The van der Waals surface area contributed by atoms with Gasteiger partial charge in [0, 0.05) is 11.1 Å². The van der Waals surface area contributed by atoms with Crippen molar-refractivity contribution in [3.63, 3.8) is 0 Å². The molecule has 0 heterocycles. The summed E-state index contributed by atoms with van der Waals surface area (Å²) in [5.74, 6) is 0.0680. The quantitative estimate of drug-likeness (QED) is 0.306. The summed E-state index contributed by atoms with van der Waals surface area (Å²) in [6.45, 7) is 9.05. The topological polar surface area (TPSA) is 80.4 Å². The van der Waals surface area contributed by atoms with E-state index in [1.807, 2.05) is 66.7 Å². The number of phenolic OH excluding ortho intramolecular Hbond substituents is 1. The van der Waals surface area contributed by atoms with E-state index in [1.165, 1.54) is 6.92 Å². The molecular formula is C27H25NO3. The number of Topliss-reactive ketones (excluding diaryl/α,β-unsaturated/α-hetero) is 1. The number of hydrogen-bond acceptors (Lipinski definition) is 3. The second-order valence-corrected chi connectivity index (χ2v) is 6.61. The summed E-state index contributed by atoms with van der Waals surface area (Å²) in [6.07, 6.45) is 5.48. The third-order valence-corrected chi connectivity index (χ3v) is 4.64. The fourth-order valence-corrected chi connectivity index (χ4v) is 3.23. The number of aromatic hydroxyl groups is 1. The van der Waals surface area contributed by atoms with Gasteiger partial charge in [-0.2, -0.15) is 0 Å². The molecule has 0 bridgehead atoms. The Morgan fingerprint density at radius 3 is 2.16 bits per heavy atom. The Morgan fingerprint density at radius 1 is 0.935 bits per heavy atom. The van der Waals surface area contributed by atoms with Crippen LogP contribution in [0.4, 0.5) is 0 Å². The van der Waals surface area contributed by atoms with Gasteiger partial charge in [0.05, 0.1) is 0 Å². The average Bonchev–Trinajstić information content (AvgIpc) is 2.78. The zero-order valence-electron chi connectivity index (χ0n) is 17.4. The van der Waals surface area contributed by atoms with Crippen LogP contribution in [0, 0.1) is 0 Å². The molecule has 31 heavy (non-hydrogen) atoms. The van der Waals surface area contributed by atoms with Gasteiger partial charge in [0.15, 0.2) is 5.78 Å². The first kappa shape index (κ1) is 23.1. The summed E-state index contributed by atoms with van der Waals surface area (Å²) in [4.78, 5) is 20.8. The maximum absolute atomic E-state index is 12.2. The molecule has 3 aromatic rings. The van der Waals surface area contributed by atoms with E-state index in [0.29, 0.717) is 16.7 Å². The maximum atomic E-state index is 12.2. The SMILES string of the molecule is C=C/C=C(\C=C)c1ccc(-c2cc(-c3ccccc3)ccc2C(C)=O)c(O)c1.NC=O. The van der Waals surface area contributed by atoms with Gasteiger partial charge >= 0.3 is 0 Å². The molecule has 0 saturated carbocycles. The monoisotopic (exact) mass is 411 g/mol. The fraction of sp³-hybridized carbons (Fsp3) is 0.0370. The molecule has 0 atom stereocenters. The molecule has 3 N–H and O–H groups in total. The number of primary amides is 1. The summed E-state index contributed by atoms with van der Waals surface area (Å²) < 4.78 is 0. The Labute approximate surface area is 182 Å². The average molecular weight is 412 g/mol. The summed E-state index contributed by atoms with van der Waals surface area (Å²) in [7, 11) is 0. The first-order valence-corrected chi connectivity index (χ1v) is 9.61. The fourth-order valence-electron chi connectivity index (χ4n) is 3.23. The highest BCUT2D eigenvalue weighted by atomic mass is 16.3. The molecule has 1 amide bonds. The van der Waals surface area contributed by atoms with Crippen molar-refractivity contribution in [1.82, 2.24) is 0 Å². The van der Waals surface area contributed by atoms with Crippen LogP contribution in [0.3, 0.4) is 0 Å². The minimum atomic E-state index is -0.0450. The number of rotatable bonds is 6. The molecule has 0 spiro atoms. The molecule has 156 valence electrons. The van der Waals surface area contributed by atoms with E-state index in [9.17, 15) is 9.90 Å². The highest BCUT2D eigenvalue weighted by molar-refractivity contribution is 6.02. The Kier molecular flexibility index (Phi) is 8.29. The number of benzene rings is 3. The Balaban J connectivity index is 0.00000107. The van der Waals surface area contributed by atoms with E-state index in [-0.39, 0.29) is 17.9 Å². The van der Waals surface area contributed by atoms with Gasteiger partial charge in [0.2, 0.25) is 6.41 Å². The smallest absolute Gasteiger partial charge is 0.204 e. The second-order valence-electron chi connectivity index (χ2n) is 6.61. The molecule has 0 aliphatic carbocycles. The highest BCUT2D eigenvalue weighted by Crippen LogP contribution is 2.36. The number of carbonyl (C=O) groups excluding carboxylic acids is 2. The van der Waals surface area contributed by atoms with Crippen LogP contribution in [0.5, 0.6) is 5.75 Å². The minimum Gasteiger partial charge on any atom is -0.507 e. The molecule has 0 fully saturated rings. The van der Waals surface area contributed by atoms with E-state index >= 15 is 0 Å². The van der Waals surface area contributed by atoms with Crippen molar-refractivity contribution in [2.75, 3.05) is 0 Å². The number of carbonyl (C=O) groups is 2. The Morgan fingerprint density at radius 2 is 1.61 bits per heavy atom. The van der Waals surface area contributed by atoms with Crippen molar-refractivity contribution in [2.45, 2.75) is 6.92 Å². The van der Waals surface area contributed by atoms with Gasteiger partial charge < -0.3 is 10.8 Å². The van der Waals surface area contributed by atoms with Gasteiger partial charge in [0.1, 0.15) is 5.75 Å². The third kappa shape index (κ3) is 5.67. The van der Waals surface area contributed by atoms with Gasteiger partial charge in [-0.15, -0.1) is 0 Å². The second kappa shape index (κ2) is 11.1. The number of ketones is 1. The van der Waals surface area contributed by atoms with Crippen molar-refractivity contribution < 1.29 is 14.7 Å². The van der Waals surface area contributed by atoms with Gasteiger partial charge in [-0.1, -0.05) is 86.0 Å². The van der Waals surface area contributed by atoms with Crippen molar-refractivity contribution >= 4 is 17.8 Å². The van der Waals surface area contributed by atoms with Crippen LogP contribution in [0.1, 0.15) is 22.8 Å². The van der Waals surface area contributed by atoms with Crippen molar-refractivity contribution in [2.24, 2.45) is 5.73 Å². The molecular weight excluding hydrogens is 386 g/mol. The number of nitrogens with two attached hydrogens (primary N) is 1. The Hall–Kier alpha value is -4.18. The molecule has 0 aromatic heterocycles. The van der Waals surface area contributed by atoms with Crippen LogP contribution in [0.25, 0.3) is 27.8 Å². The largest absolute Gasteiger partial charge is 0.507 e. The van der Waals surface area contributed by atoms with Crippen LogP contribution < -0.4 is 5.73 Å². The first-order valence-electron chi connectivity index (χ1n) is 9.61. The van der Waals surface area contributed by atoms with Crippen molar-refractivity contribution in [3.05, 3.63) is 109 Å². The minimum absolute atomic E-state index is 0.0450. The molecule has 0 radical (unpaired) electrons. The normalized spacial score (nSPS) is 10.4. The maximum Gasteiger partial charge on any atom is 0.204 e. The van der Waals surface area contributed by atoms with E-state index in [4.69, 9.17) is 4.79 Å². The molecule has 4 nitrogen and oxygen atoms in total. The van der Waals surface area contributed by atoms with E-state index in [2.05, 4.69) is 18.9 Å². The molecule has 0 aliphatic rings. The van der Waals surface area contributed by atoms with Gasteiger partial charge in [0.25, 0.3) is 0 Å². The molecule has 0 unspecified atom stereocenters. The van der Waals surface area contributed by atoms with Crippen LogP contribution in [-0.4, -0.2) is 17.3 Å². The zero-order chi connectivity index (χ0) is 22.8. The molecule has 0 aliphatic heterocycles. The van der Waals surface area contributed by atoms with Crippen LogP contribution in [0.2, 0.25) is 0 Å². The standard InChI is InChI=1S/C26H22O2.CH3NO/c1-4-9-19(5-2)22-13-15-24(26(28)17-22)25-16-21(12-14-23(25)18(3)27)20-10-7-6-8-11-20;2-1-3/h4-17,28H,1-2H2,3H3;1H,(H2,2,3)/b19-9+;. The van der Waals surface area contributed by atoms with Crippen molar-refractivity contribution in [1.29, 1.82) is 0 Å². The molecule has 4 heteroatoms. The van der Waals surface area contributed by atoms with Crippen molar-refractivity contribution in [3.8, 4) is 28.0 Å². The summed E-state index contributed by atoms with van der Waals surface area (Å²) in [5.41, 5.74) is 9.81. The molecule has 0 saturated heterocycles. The van der Waals surface area contributed by atoms with E-state index in [1.54, 1.807) is 18.2 Å². The van der Waals surface area contributed by atoms with Gasteiger partial charge in [-0.05, 0) is 46.9 Å². The summed E-state index contributed by atoms with van der Waals surface area (Å²) in [5, 5.41) is 10.7. The summed E-state index contributed by atoms with van der Waals surface area (Å²) in [6, 6.07) is 21.1. The highest BCUT2D eigenvalue weighted by Gasteiger charge is 2.15. The van der Waals surface area contributed by atoms with Crippen LogP contribution >= 0.6 is 0 Å². The number of hydrogen-bond donors (Lipinski definition) is 2. The lowest BCUT2D eigenvalue weighted by atomic mass is 9.91. The predicted molar refractivity (Wildman–Crippen MR) is 128 cm³/mol. The number of phenols is 1. The van der Waals surface area contributed by atoms with Gasteiger partial charge in [-0.25, -0.2) is 0 Å². The number of amides is 1. The predicted octanol–water partition coefficient (Wildman–Crippen LogP) is 5.79. The zero-order valence-corrected chi connectivity index (χ0v) is 17.4. The van der Waals surface area contributed by atoms with Crippen LogP contribution in [-0.2, 0) is 4.79 Å². The first-order chi connectivity index (χ1) is 15.0. The molecule has 3 rings (SSSR count). The third-order valence-electron chi connectivity index (χ3n) is 4.64.